The first-order valence-electron chi connectivity index (χ1n) is 4.73. The van der Waals surface area contributed by atoms with Crippen LogP contribution in [0.25, 0.3) is 0 Å². The van der Waals surface area contributed by atoms with E-state index in [1.165, 1.54) is 6.07 Å². The first-order valence-corrected chi connectivity index (χ1v) is 4.73. The summed E-state index contributed by atoms with van der Waals surface area (Å²) in [6.45, 7) is 3.90. The summed E-state index contributed by atoms with van der Waals surface area (Å²) in [5.41, 5.74) is 6.58. The first kappa shape index (κ1) is 11.2. The molecule has 0 aromatic heterocycles. The minimum Gasteiger partial charge on any atom is -0.393 e. The maximum absolute atomic E-state index is 10.7. The molecule has 1 atom stereocenters. The van der Waals surface area contributed by atoms with Crippen LogP contribution in [0.3, 0.4) is 0 Å². The lowest BCUT2D eigenvalue weighted by Gasteiger charge is -2.07. The molecule has 0 spiro atoms. The van der Waals surface area contributed by atoms with Crippen molar-refractivity contribution < 1.29 is 4.92 Å². The number of nitrogens with two attached hydrogens (primary N) is 1. The summed E-state index contributed by atoms with van der Waals surface area (Å²) in [4.78, 5) is 10.2. The van der Waals surface area contributed by atoms with Gasteiger partial charge in [0.25, 0.3) is 5.69 Å². The van der Waals surface area contributed by atoms with Crippen LogP contribution in [0.2, 0.25) is 0 Å². The van der Waals surface area contributed by atoms with Gasteiger partial charge in [0.1, 0.15) is 5.69 Å². The number of nitro benzene ring substituents is 1. The predicted octanol–water partition coefficient (Wildman–Crippen LogP) is 2.86. The molecule has 4 nitrogen and oxygen atoms in total. The van der Waals surface area contributed by atoms with Crippen LogP contribution in [0, 0.1) is 10.1 Å². The van der Waals surface area contributed by atoms with Crippen molar-refractivity contribution in [1.82, 2.24) is 0 Å². The van der Waals surface area contributed by atoms with Gasteiger partial charge in [0.05, 0.1) is 4.92 Å². The van der Waals surface area contributed by atoms with E-state index in [9.17, 15) is 10.1 Å². The van der Waals surface area contributed by atoms with Gasteiger partial charge in [-0.3, -0.25) is 10.1 Å². The molecular weight excluding hydrogens is 192 g/mol. The van der Waals surface area contributed by atoms with Crippen molar-refractivity contribution in [3.05, 3.63) is 46.0 Å². The quantitative estimate of drug-likeness (QED) is 0.358. The fourth-order valence-electron chi connectivity index (χ4n) is 1.40. The minimum atomic E-state index is -0.457. The Bertz CT molecular complexity index is 400. The van der Waals surface area contributed by atoms with Crippen LogP contribution < -0.4 is 5.73 Å². The van der Waals surface area contributed by atoms with Crippen LogP contribution in [0.4, 0.5) is 11.4 Å². The van der Waals surface area contributed by atoms with Crippen LogP contribution in [-0.2, 0) is 0 Å². The maximum Gasteiger partial charge on any atom is 0.292 e. The Balaban J connectivity index is 3.12. The number of benzene rings is 1. The van der Waals surface area contributed by atoms with Gasteiger partial charge in [-0.2, -0.15) is 0 Å². The van der Waals surface area contributed by atoms with Gasteiger partial charge in [-0.05, 0) is 24.5 Å². The van der Waals surface area contributed by atoms with Crippen molar-refractivity contribution in [2.75, 3.05) is 5.73 Å². The molecule has 0 radical (unpaired) electrons. The predicted molar refractivity (Wildman–Crippen MR) is 60.7 cm³/mol. The fraction of sp³-hybridized carbons (Fsp3) is 0.273. The second kappa shape index (κ2) is 4.59. The minimum absolute atomic E-state index is 0.0242. The van der Waals surface area contributed by atoms with E-state index >= 15 is 0 Å². The molecule has 15 heavy (non-hydrogen) atoms. The highest BCUT2D eigenvalue weighted by Crippen LogP contribution is 2.26. The zero-order chi connectivity index (χ0) is 11.4. The molecule has 80 valence electrons. The summed E-state index contributed by atoms with van der Waals surface area (Å²) < 4.78 is 0. The molecular formula is C11H14N2O2. The largest absolute Gasteiger partial charge is 0.393 e. The van der Waals surface area contributed by atoms with E-state index in [-0.39, 0.29) is 17.3 Å². The molecule has 1 unspecified atom stereocenters. The Hall–Kier alpha value is -1.84. The second-order valence-electron chi connectivity index (χ2n) is 3.39. The van der Waals surface area contributed by atoms with Crippen molar-refractivity contribution >= 4 is 11.4 Å². The summed E-state index contributed by atoms with van der Waals surface area (Å²) in [6, 6.07) is 4.92. The zero-order valence-electron chi connectivity index (χ0n) is 8.81. The summed E-state index contributed by atoms with van der Waals surface area (Å²) in [6.07, 6.45) is 3.90. The Kier molecular flexibility index (Phi) is 3.44. The van der Waals surface area contributed by atoms with E-state index in [1.807, 2.05) is 32.1 Å². The first-order chi connectivity index (χ1) is 7.06. The molecule has 4 heteroatoms. The lowest BCUT2D eigenvalue weighted by molar-refractivity contribution is -0.384. The van der Waals surface area contributed by atoms with Gasteiger partial charge in [0, 0.05) is 6.07 Å². The molecule has 0 aliphatic heterocycles. The van der Waals surface area contributed by atoms with Crippen LogP contribution >= 0.6 is 0 Å². The van der Waals surface area contributed by atoms with Gasteiger partial charge in [-0.15, -0.1) is 0 Å². The molecule has 0 heterocycles. The third-order valence-electron chi connectivity index (χ3n) is 2.26. The Morgan fingerprint density at radius 3 is 2.73 bits per heavy atom. The number of nitrogen functional groups attached to an aromatic ring is 1. The van der Waals surface area contributed by atoms with Gasteiger partial charge in [0.2, 0.25) is 0 Å². The molecule has 0 bridgehead atoms. The summed E-state index contributed by atoms with van der Waals surface area (Å²) in [7, 11) is 0. The number of hydrogen-bond acceptors (Lipinski definition) is 3. The molecule has 1 aromatic rings. The molecule has 0 fully saturated rings. The van der Waals surface area contributed by atoms with E-state index < -0.39 is 4.92 Å². The van der Waals surface area contributed by atoms with Crippen LogP contribution in [0.15, 0.2) is 30.4 Å². The average Bonchev–Trinajstić information content (AvgIpc) is 2.18. The monoisotopic (exact) mass is 206 g/mol. The highest BCUT2D eigenvalue weighted by molar-refractivity contribution is 5.59. The molecule has 0 saturated carbocycles. The van der Waals surface area contributed by atoms with E-state index in [4.69, 9.17) is 5.73 Å². The van der Waals surface area contributed by atoms with Crippen molar-refractivity contribution in [1.29, 1.82) is 0 Å². The lowest BCUT2D eigenvalue weighted by atomic mass is 10.00. The van der Waals surface area contributed by atoms with Crippen LogP contribution in [0.5, 0.6) is 0 Å². The number of rotatable bonds is 3. The zero-order valence-corrected chi connectivity index (χ0v) is 8.81. The Morgan fingerprint density at radius 2 is 2.20 bits per heavy atom. The van der Waals surface area contributed by atoms with Crippen molar-refractivity contribution in [2.45, 2.75) is 19.8 Å². The normalized spacial score (nSPS) is 12.9. The van der Waals surface area contributed by atoms with E-state index in [1.54, 1.807) is 6.07 Å². The smallest absolute Gasteiger partial charge is 0.292 e. The highest BCUT2D eigenvalue weighted by Gasteiger charge is 2.13. The highest BCUT2D eigenvalue weighted by atomic mass is 16.6. The SMILES string of the molecule is CC=CC(C)c1ccc(N)c([N+](=O)[O-])c1. The topological polar surface area (TPSA) is 69.2 Å². The lowest BCUT2D eigenvalue weighted by Crippen LogP contribution is -1.98. The standard InChI is InChI=1S/C11H14N2O2/c1-3-4-8(2)9-5-6-10(12)11(7-9)13(14)15/h3-8H,12H2,1-2H3. The van der Waals surface area contributed by atoms with Crippen molar-refractivity contribution in [3.63, 3.8) is 0 Å². The summed E-state index contributed by atoms with van der Waals surface area (Å²) in [5, 5.41) is 10.7. The number of hydrogen-bond donors (Lipinski definition) is 1. The number of anilines is 1. The van der Waals surface area contributed by atoms with Gasteiger partial charge < -0.3 is 5.73 Å². The third kappa shape index (κ3) is 2.56. The average molecular weight is 206 g/mol. The third-order valence-corrected chi connectivity index (χ3v) is 2.26. The maximum atomic E-state index is 10.7. The van der Waals surface area contributed by atoms with Crippen LogP contribution in [0.1, 0.15) is 25.3 Å². The number of allylic oxidation sites excluding steroid dienone is 2. The van der Waals surface area contributed by atoms with Gasteiger partial charge in [0.15, 0.2) is 0 Å². The number of nitro groups is 1. The molecule has 2 N–H and O–H groups in total. The van der Waals surface area contributed by atoms with Crippen molar-refractivity contribution in [2.24, 2.45) is 0 Å². The van der Waals surface area contributed by atoms with Crippen LogP contribution in [-0.4, -0.2) is 4.92 Å². The van der Waals surface area contributed by atoms with Gasteiger partial charge in [-0.25, -0.2) is 0 Å². The molecule has 1 aromatic carbocycles. The molecule has 0 amide bonds. The number of nitrogens with zero attached hydrogens (tertiary/aromatic N) is 1. The van der Waals surface area contributed by atoms with Crippen molar-refractivity contribution in [3.8, 4) is 0 Å². The van der Waals surface area contributed by atoms with Gasteiger partial charge in [-0.1, -0.05) is 25.1 Å². The fourth-order valence-corrected chi connectivity index (χ4v) is 1.40. The van der Waals surface area contributed by atoms with Gasteiger partial charge >= 0.3 is 0 Å². The molecule has 0 aliphatic carbocycles. The van der Waals surface area contributed by atoms with E-state index in [0.717, 1.165) is 5.56 Å². The van der Waals surface area contributed by atoms with E-state index in [2.05, 4.69) is 0 Å². The second-order valence-corrected chi connectivity index (χ2v) is 3.39. The summed E-state index contributed by atoms with van der Waals surface area (Å²) in [5.74, 6) is 0.161. The van der Waals surface area contributed by atoms with E-state index in [0.29, 0.717) is 0 Å². The molecule has 0 saturated heterocycles. The molecule has 0 aliphatic rings. The Labute approximate surface area is 88.6 Å². The Morgan fingerprint density at radius 1 is 1.53 bits per heavy atom. The summed E-state index contributed by atoms with van der Waals surface area (Å²) >= 11 is 0. The molecule has 1 rings (SSSR count).